The first-order chi connectivity index (χ1) is 7.29. The molecule has 1 aliphatic carbocycles. The standard InChI is InChI=1S/C14H29N/c1-4-6-7-8-11-15-14-10-9-13(5-2)12(14)3/h12-15H,4-11H2,1-3H3. The van der Waals surface area contributed by atoms with Crippen molar-refractivity contribution in [2.45, 2.75) is 71.8 Å². The first kappa shape index (κ1) is 13.0. The summed E-state index contributed by atoms with van der Waals surface area (Å²) in [7, 11) is 0. The number of unbranched alkanes of at least 4 members (excludes halogenated alkanes) is 3. The van der Waals surface area contributed by atoms with E-state index in [1.807, 2.05) is 0 Å². The molecular weight excluding hydrogens is 182 g/mol. The normalized spacial score (nSPS) is 31.0. The fraction of sp³-hybridized carbons (Fsp3) is 1.00. The molecule has 0 heterocycles. The summed E-state index contributed by atoms with van der Waals surface area (Å²) in [6.07, 6.45) is 9.75. The van der Waals surface area contributed by atoms with Crippen molar-refractivity contribution in [2.24, 2.45) is 11.8 Å². The van der Waals surface area contributed by atoms with Crippen LogP contribution < -0.4 is 5.32 Å². The van der Waals surface area contributed by atoms with Crippen LogP contribution in [0, 0.1) is 11.8 Å². The van der Waals surface area contributed by atoms with E-state index in [0.717, 1.165) is 17.9 Å². The Balaban J connectivity index is 2.07. The molecule has 0 aromatic rings. The summed E-state index contributed by atoms with van der Waals surface area (Å²) in [6.45, 7) is 8.29. The molecule has 1 N–H and O–H groups in total. The average molecular weight is 211 g/mol. The van der Waals surface area contributed by atoms with Gasteiger partial charge in [-0.05, 0) is 37.6 Å². The summed E-state index contributed by atoms with van der Waals surface area (Å²) in [5.74, 6) is 1.89. The highest BCUT2D eigenvalue weighted by atomic mass is 14.9. The molecule has 15 heavy (non-hydrogen) atoms. The number of nitrogens with one attached hydrogen (secondary N) is 1. The van der Waals surface area contributed by atoms with E-state index in [1.165, 1.54) is 51.5 Å². The second-order valence-corrected chi connectivity index (χ2v) is 5.23. The third kappa shape index (κ3) is 4.14. The van der Waals surface area contributed by atoms with Crippen LogP contribution in [0.3, 0.4) is 0 Å². The predicted octanol–water partition coefficient (Wildman–Crippen LogP) is 3.98. The lowest BCUT2D eigenvalue weighted by Crippen LogP contribution is -2.33. The first-order valence-electron chi connectivity index (χ1n) is 7.03. The van der Waals surface area contributed by atoms with E-state index in [9.17, 15) is 0 Å². The molecule has 1 aliphatic rings. The van der Waals surface area contributed by atoms with Gasteiger partial charge in [-0.2, -0.15) is 0 Å². The molecule has 0 radical (unpaired) electrons. The van der Waals surface area contributed by atoms with Gasteiger partial charge in [0.05, 0.1) is 0 Å². The van der Waals surface area contributed by atoms with E-state index in [-0.39, 0.29) is 0 Å². The van der Waals surface area contributed by atoms with Crippen LogP contribution >= 0.6 is 0 Å². The molecule has 1 saturated carbocycles. The molecule has 0 saturated heterocycles. The predicted molar refractivity (Wildman–Crippen MR) is 68.1 cm³/mol. The van der Waals surface area contributed by atoms with Crippen LogP contribution in [-0.4, -0.2) is 12.6 Å². The molecule has 90 valence electrons. The van der Waals surface area contributed by atoms with Crippen molar-refractivity contribution in [2.75, 3.05) is 6.54 Å². The van der Waals surface area contributed by atoms with Crippen LogP contribution in [0.2, 0.25) is 0 Å². The summed E-state index contributed by atoms with van der Waals surface area (Å²) >= 11 is 0. The lowest BCUT2D eigenvalue weighted by atomic mass is 9.93. The Morgan fingerprint density at radius 3 is 2.47 bits per heavy atom. The Kier molecular flexibility index (Phi) is 6.31. The van der Waals surface area contributed by atoms with Gasteiger partial charge >= 0.3 is 0 Å². The van der Waals surface area contributed by atoms with E-state index in [0.29, 0.717) is 0 Å². The molecule has 0 spiro atoms. The second-order valence-electron chi connectivity index (χ2n) is 5.23. The highest BCUT2D eigenvalue weighted by Crippen LogP contribution is 2.33. The number of hydrogen-bond donors (Lipinski definition) is 1. The Bertz CT molecular complexity index is 155. The van der Waals surface area contributed by atoms with Crippen molar-refractivity contribution in [3.8, 4) is 0 Å². The van der Waals surface area contributed by atoms with Gasteiger partial charge in [-0.15, -0.1) is 0 Å². The molecule has 1 heteroatoms. The quantitative estimate of drug-likeness (QED) is 0.628. The Morgan fingerprint density at radius 1 is 1.07 bits per heavy atom. The molecule has 0 aliphatic heterocycles. The highest BCUT2D eigenvalue weighted by Gasteiger charge is 2.30. The van der Waals surface area contributed by atoms with Crippen LogP contribution in [0.4, 0.5) is 0 Å². The summed E-state index contributed by atoms with van der Waals surface area (Å²) < 4.78 is 0. The minimum atomic E-state index is 0.816. The van der Waals surface area contributed by atoms with Crippen molar-refractivity contribution < 1.29 is 0 Å². The van der Waals surface area contributed by atoms with Crippen LogP contribution in [0.1, 0.15) is 65.7 Å². The lowest BCUT2D eigenvalue weighted by Gasteiger charge is -2.21. The molecule has 0 aromatic heterocycles. The van der Waals surface area contributed by atoms with E-state index in [2.05, 4.69) is 26.1 Å². The molecule has 3 atom stereocenters. The molecule has 0 bridgehead atoms. The molecule has 1 nitrogen and oxygen atoms in total. The zero-order valence-corrected chi connectivity index (χ0v) is 10.9. The largest absolute Gasteiger partial charge is 0.314 e. The third-order valence-electron chi connectivity index (χ3n) is 4.19. The smallest absolute Gasteiger partial charge is 0.00954 e. The molecule has 0 amide bonds. The maximum atomic E-state index is 3.75. The molecule has 0 aromatic carbocycles. The van der Waals surface area contributed by atoms with Crippen molar-refractivity contribution in [3.05, 3.63) is 0 Å². The van der Waals surface area contributed by atoms with Crippen molar-refractivity contribution >= 4 is 0 Å². The minimum Gasteiger partial charge on any atom is -0.314 e. The summed E-state index contributed by atoms with van der Waals surface area (Å²) in [4.78, 5) is 0. The fourth-order valence-electron chi connectivity index (χ4n) is 2.95. The van der Waals surface area contributed by atoms with E-state index in [1.54, 1.807) is 0 Å². The van der Waals surface area contributed by atoms with Crippen molar-refractivity contribution in [3.63, 3.8) is 0 Å². The van der Waals surface area contributed by atoms with Gasteiger partial charge in [-0.25, -0.2) is 0 Å². The molecule has 1 rings (SSSR count). The summed E-state index contributed by atoms with van der Waals surface area (Å²) in [6, 6.07) is 0.816. The van der Waals surface area contributed by atoms with Gasteiger partial charge in [0.2, 0.25) is 0 Å². The zero-order valence-electron chi connectivity index (χ0n) is 10.9. The number of rotatable bonds is 7. The van der Waals surface area contributed by atoms with Gasteiger partial charge in [0.15, 0.2) is 0 Å². The number of hydrogen-bond acceptors (Lipinski definition) is 1. The lowest BCUT2D eigenvalue weighted by molar-refractivity contribution is 0.343. The maximum absolute atomic E-state index is 3.75. The minimum absolute atomic E-state index is 0.816. The van der Waals surface area contributed by atoms with Crippen LogP contribution in [-0.2, 0) is 0 Å². The monoisotopic (exact) mass is 211 g/mol. The zero-order chi connectivity index (χ0) is 11.1. The van der Waals surface area contributed by atoms with Gasteiger partial charge < -0.3 is 5.32 Å². The molecule has 1 fully saturated rings. The van der Waals surface area contributed by atoms with Gasteiger partial charge in [0, 0.05) is 6.04 Å². The first-order valence-corrected chi connectivity index (χ1v) is 7.03. The Morgan fingerprint density at radius 2 is 1.87 bits per heavy atom. The Labute approximate surface area is 96.0 Å². The third-order valence-corrected chi connectivity index (χ3v) is 4.19. The van der Waals surface area contributed by atoms with Gasteiger partial charge in [0.1, 0.15) is 0 Å². The van der Waals surface area contributed by atoms with E-state index in [4.69, 9.17) is 0 Å². The van der Waals surface area contributed by atoms with Gasteiger partial charge in [0.25, 0.3) is 0 Å². The van der Waals surface area contributed by atoms with Crippen LogP contribution in [0.25, 0.3) is 0 Å². The van der Waals surface area contributed by atoms with Crippen molar-refractivity contribution in [1.29, 1.82) is 0 Å². The molecule has 3 unspecified atom stereocenters. The SMILES string of the molecule is CCCCCCNC1CCC(CC)C1C. The fourth-order valence-corrected chi connectivity index (χ4v) is 2.95. The van der Waals surface area contributed by atoms with Gasteiger partial charge in [-0.1, -0.05) is 46.5 Å². The van der Waals surface area contributed by atoms with Gasteiger partial charge in [-0.3, -0.25) is 0 Å². The summed E-state index contributed by atoms with van der Waals surface area (Å²) in [5.41, 5.74) is 0. The van der Waals surface area contributed by atoms with E-state index >= 15 is 0 Å². The van der Waals surface area contributed by atoms with Crippen LogP contribution in [0.5, 0.6) is 0 Å². The summed E-state index contributed by atoms with van der Waals surface area (Å²) in [5, 5.41) is 3.75. The topological polar surface area (TPSA) is 12.0 Å². The highest BCUT2D eigenvalue weighted by molar-refractivity contribution is 4.86. The second kappa shape index (κ2) is 7.27. The van der Waals surface area contributed by atoms with E-state index < -0.39 is 0 Å². The average Bonchev–Trinajstić information content (AvgIpc) is 2.60. The molecular formula is C14H29N. The van der Waals surface area contributed by atoms with Crippen molar-refractivity contribution in [1.82, 2.24) is 5.32 Å². The maximum Gasteiger partial charge on any atom is 0.00954 e. The Hall–Kier alpha value is -0.0400. The van der Waals surface area contributed by atoms with Crippen LogP contribution in [0.15, 0.2) is 0 Å².